The van der Waals surface area contributed by atoms with E-state index < -0.39 is 15.1 Å². The Kier molecular flexibility index (Phi) is 2.70. The van der Waals surface area contributed by atoms with Gasteiger partial charge in [0.25, 0.3) is 0 Å². The molecule has 2 nitrogen and oxygen atoms in total. The van der Waals surface area contributed by atoms with Crippen LogP contribution < -0.4 is 5.32 Å². The lowest BCUT2D eigenvalue weighted by Gasteiger charge is -2.40. The lowest BCUT2D eigenvalue weighted by atomic mass is 10.1. The Bertz CT molecular complexity index is 437. The maximum Gasteiger partial charge on any atom is 0.310 e. The molecule has 1 aromatic rings. The zero-order valence-corrected chi connectivity index (χ0v) is 10.0. The third-order valence-electron chi connectivity index (χ3n) is 2.65. The molecule has 0 aliphatic carbocycles. The first-order valence-corrected chi connectivity index (χ1v) is 7.16. The first-order valence-electron chi connectivity index (χ1n) is 5.21. The van der Waals surface area contributed by atoms with Crippen molar-refractivity contribution in [2.75, 3.05) is 19.8 Å². The number of hydrogen-bond donors (Lipinski definition) is 1. The van der Waals surface area contributed by atoms with Gasteiger partial charge in [0.2, 0.25) is 0 Å². The highest BCUT2D eigenvalue weighted by Gasteiger charge is 2.65. The number of benzene rings is 1. The van der Waals surface area contributed by atoms with Crippen LogP contribution in [0.5, 0.6) is 0 Å². The molecule has 1 aliphatic rings. The molecule has 0 radical (unpaired) electrons. The monoisotopic (exact) mass is 289 g/mol. The summed E-state index contributed by atoms with van der Waals surface area (Å²) in [4.78, 5) is -1.87. The van der Waals surface area contributed by atoms with Gasteiger partial charge < -0.3 is 10.1 Å². The number of morpholine rings is 1. The summed E-state index contributed by atoms with van der Waals surface area (Å²) in [5.74, 6) is 0. The Morgan fingerprint density at radius 1 is 1.06 bits per heavy atom. The number of nitrogens with one attached hydrogen (secondary N) is 1. The second-order valence-electron chi connectivity index (χ2n) is 4.12. The van der Waals surface area contributed by atoms with Crippen molar-refractivity contribution < 1.29 is 24.2 Å². The van der Waals surface area contributed by atoms with Crippen LogP contribution in [0.1, 0.15) is 11.6 Å². The molecule has 1 fully saturated rings. The Labute approximate surface area is 101 Å². The van der Waals surface area contributed by atoms with Crippen molar-refractivity contribution in [2.45, 2.75) is 10.9 Å². The van der Waals surface area contributed by atoms with Crippen molar-refractivity contribution in [1.29, 1.82) is 0 Å². The quantitative estimate of drug-likeness (QED) is 0.831. The third kappa shape index (κ3) is 3.12. The van der Waals surface area contributed by atoms with Crippen LogP contribution in [0.4, 0.5) is 19.4 Å². The smallest absolute Gasteiger partial charge is 0.310 e. The van der Waals surface area contributed by atoms with Crippen LogP contribution >= 0.6 is 10.2 Å². The van der Waals surface area contributed by atoms with E-state index in [1.54, 1.807) is 0 Å². The minimum Gasteiger partial charge on any atom is -0.378 e. The summed E-state index contributed by atoms with van der Waals surface area (Å²) in [5.41, 5.74) is 0.500. The molecule has 0 unspecified atom stereocenters. The molecule has 0 bridgehead atoms. The standard InChI is InChI=1S/C10H12F5NOS/c11-18(12,13,14,15)9-3-1-8(2-4-9)10-7-17-6-5-16-10/h1-4,10,16H,5-7H2/t10-/m0/s1. The summed E-state index contributed by atoms with van der Waals surface area (Å²) in [6.45, 7) is 1.42. The first kappa shape index (κ1) is 13.6. The minimum absolute atomic E-state index is 0.258. The summed E-state index contributed by atoms with van der Waals surface area (Å²) in [5, 5.41) is 3.03. The van der Waals surface area contributed by atoms with E-state index in [2.05, 4.69) is 5.32 Å². The lowest BCUT2D eigenvalue weighted by molar-refractivity contribution is 0.0768. The average molecular weight is 289 g/mol. The maximum absolute atomic E-state index is 12.5. The van der Waals surface area contributed by atoms with E-state index in [-0.39, 0.29) is 6.04 Å². The van der Waals surface area contributed by atoms with Crippen LogP contribution in [-0.2, 0) is 4.74 Å². The highest BCUT2D eigenvalue weighted by atomic mass is 32.5. The molecule has 1 N–H and O–H groups in total. The fraction of sp³-hybridized carbons (Fsp3) is 0.400. The minimum atomic E-state index is -9.56. The van der Waals surface area contributed by atoms with Gasteiger partial charge in [0.1, 0.15) is 4.90 Å². The molecular formula is C10H12F5NOS. The van der Waals surface area contributed by atoms with Gasteiger partial charge in [-0.25, -0.2) is 0 Å². The normalized spacial score (nSPS) is 25.3. The molecule has 1 atom stereocenters. The van der Waals surface area contributed by atoms with Crippen molar-refractivity contribution in [3.8, 4) is 0 Å². The van der Waals surface area contributed by atoms with Crippen molar-refractivity contribution in [2.24, 2.45) is 0 Å². The topological polar surface area (TPSA) is 21.3 Å². The van der Waals surface area contributed by atoms with E-state index >= 15 is 0 Å². The molecular weight excluding hydrogens is 277 g/mol. The van der Waals surface area contributed by atoms with Gasteiger partial charge >= 0.3 is 10.2 Å². The summed E-state index contributed by atoms with van der Waals surface area (Å²) in [7, 11) is -9.56. The van der Waals surface area contributed by atoms with Gasteiger partial charge in [0.15, 0.2) is 0 Å². The van der Waals surface area contributed by atoms with Gasteiger partial charge in [0, 0.05) is 6.54 Å². The first-order chi connectivity index (χ1) is 8.06. The summed E-state index contributed by atoms with van der Waals surface area (Å²) in [6.07, 6.45) is 0. The second-order valence-corrected chi connectivity index (χ2v) is 6.53. The van der Waals surface area contributed by atoms with Gasteiger partial charge in [-0.2, -0.15) is 0 Å². The van der Waals surface area contributed by atoms with Crippen LogP contribution in [0.2, 0.25) is 0 Å². The highest BCUT2D eigenvalue weighted by Crippen LogP contribution is 3.02. The summed E-state index contributed by atoms with van der Waals surface area (Å²) < 4.78 is 67.6. The summed E-state index contributed by atoms with van der Waals surface area (Å²) in [6, 6.07) is 2.70. The van der Waals surface area contributed by atoms with Crippen LogP contribution in [-0.4, -0.2) is 19.8 Å². The molecule has 1 heterocycles. The number of halogens is 5. The molecule has 0 saturated carbocycles. The SMILES string of the molecule is FS(F)(F)(F)(F)c1ccc([C@@H]2COCCN2)cc1. The van der Waals surface area contributed by atoms with E-state index in [4.69, 9.17) is 4.74 Å². The Hall–Kier alpha value is -0.860. The van der Waals surface area contributed by atoms with E-state index in [9.17, 15) is 19.4 Å². The number of hydrogen-bond acceptors (Lipinski definition) is 2. The number of ether oxygens (including phenoxy) is 1. The highest BCUT2D eigenvalue weighted by molar-refractivity contribution is 8.45. The van der Waals surface area contributed by atoms with Crippen molar-refractivity contribution >= 4 is 10.2 Å². The van der Waals surface area contributed by atoms with E-state index in [0.29, 0.717) is 37.5 Å². The van der Waals surface area contributed by atoms with Crippen LogP contribution in [0.25, 0.3) is 0 Å². The zero-order chi connectivity index (χ0) is 13.5. The van der Waals surface area contributed by atoms with Crippen molar-refractivity contribution in [3.05, 3.63) is 29.8 Å². The third-order valence-corrected chi connectivity index (χ3v) is 3.81. The van der Waals surface area contributed by atoms with Crippen molar-refractivity contribution in [1.82, 2.24) is 5.32 Å². The largest absolute Gasteiger partial charge is 0.378 e. The molecule has 0 aromatic heterocycles. The predicted octanol–water partition coefficient (Wildman–Crippen LogP) is 4.00. The molecule has 104 valence electrons. The van der Waals surface area contributed by atoms with Crippen LogP contribution in [0.15, 0.2) is 29.2 Å². The molecule has 1 saturated heterocycles. The van der Waals surface area contributed by atoms with E-state index in [0.717, 1.165) is 12.1 Å². The summed E-state index contributed by atoms with van der Waals surface area (Å²) >= 11 is 0. The molecule has 1 aromatic carbocycles. The van der Waals surface area contributed by atoms with Crippen LogP contribution in [0.3, 0.4) is 0 Å². The lowest BCUT2D eigenvalue weighted by Crippen LogP contribution is -2.34. The van der Waals surface area contributed by atoms with E-state index in [1.165, 1.54) is 0 Å². The molecule has 2 rings (SSSR count). The molecule has 18 heavy (non-hydrogen) atoms. The van der Waals surface area contributed by atoms with Crippen molar-refractivity contribution in [3.63, 3.8) is 0 Å². The van der Waals surface area contributed by atoms with Gasteiger partial charge in [-0.15, -0.1) is 0 Å². The number of rotatable bonds is 2. The maximum atomic E-state index is 12.5. The molecule has 8 heteroatoms. The molecule has 0 spiro atoms. The Morgan fingerprint density at radius 2 is 1.67 bits per heavy atom. The fourth-order valence-electron chi connectivity index (χ4n) is 1.74. The van der Waals surface area contributed by atoms with Gasteiger partial charge in [-0.3, -0.25) is 0 Å². The van der Waals surface area contributed by atoms with Crippen LogP contribution in [0, 0.1) is 0 Å². The molecule has 0 amide bonds. The van der Waals surface area contributed by atoms with Gasteiger partial charge in [-0.1, -0.05) is 31.6 Å². The predicted molar refractivity (Wildman–Crippen MR) is 59.4 cm³/mol. The molecule has 1 aliphatic heterocycles. The fourth-order valence-corrected chi connectivity index (χ4v) is 2.39. The average Bonchev–Trinajstić information content (AvgIpc) is 2.28. The second kappa shape index (κ2) is 3.58. The Balaban J connectivity index is 2.26. The van der Waals surface area contributed by atoms with Gasteiger partial charge in [0.05, 0.1) is 19.3 Å². The Morgan fingerprint density at radius 3 is 2.11 bits per heavy atom. The zero-order valence-electron chi connectivity index (χ0n) is 9.21. The van der Waals surface area contributed by atoms with E-state index in [1.807, 2.05) is 0 Å². The van der Waals surface area contributed by atoms with Gasteiger partial charge in [-0.05, 0) is 17.7 Å².